The van der Waals surface area contributed by atoms with Gasteiger partial charge in [-0.3, -0.25) is 48.9 Å². The van der Waals surface area contributed by atoms with Gasteiger partial charge in [0, 0.05) is 99.9 Å². The maximum Gasteiger partial charge on any atom is 0.256 e. The summed E-state index contributed by atoms with van der Waals surface area (Å²) < 4.78 is 35.4. The maximum atomic E-state index is 15.9. The van der Waals surface area contributed by atoms with Gasteiger partial charge in [-0.1, -0.05) is 0 Å². The summed E-state index contributed by atoms with van der Waals surface area (Å²) in [5.41, 5.74) is 1.88. The monoisotopic (exact) mass is 966 g/mol. The normalized spacial score (nSPS) is 21.8. The molecule has 2 bridgehead atoms. The molecule has 3 atom stereocenters. The lowest BCUT2D eigenvalue weighted by molar-refractivity contribution is -0.137. The highest BCUT2D eigenvalue weighted by Gasteiger charge is 2.56. The molecule has 0 spiro atoms. The minimum Gasteiger partial charge on any atom is -0.457 e. The smallest absolute Gasteiger partial charge is 0.256 e. The summed E-state index contributed by atoms with van der Waals surface area (Å²) in [7, 11) is 0. The van der Waals surface area contributed by atoms with Crippen LogP contribution in [-0.4, -0.2) is 118 Å². The van der Waals surface area contributed by atoms with Crippen LogP contribution in [0.25, 0.3) is 10.9 Å². The van der Waals surface area contributed by atoms with E-state index in [1.54, 1.807) is 48.7 Å². The number of carbonyl (C=O) groups is 6. The lowest BCUT2D eigenvalue weighted by Crippen LogP contribution is -2.69. The Bertz CT molecular complexity index is 2950. The molecule has 0 radical (unpaired) electrons. The number of piperidine rings is 3. The highest BCUT2D eigenvalue weighted by Crippen LogP contribution is 2.48. The number of hydrogen-bond donors (Lipinski definition) is 4. The van der Waals surface area contributed by atoms with Crippen LogP contribution in [0.4, 0.5) is 31.7 Å². The number of halogens is 2. The number of imide groups is 1. The first-order chi connectivity index (χ1) is 34.3. The topological polar surface area (TPSA) is 199 Å². The zero-order chi connectivity index (χ0) is 49.0. The Balaban J connectivity index is 0.623. The number of anilines is 4. The number of amides is 6. The lowest BCUT2D eigenvalue weighted by atomic mass is 9.85. The highest BCUT2D eigenvalue weighted by atomic mass is 19.1. The van der Waals surface area contributed by atoms with Crippen LogP contribution in [0.5, 0.6) is 11.5 Å². The standard InChI is InChI=1S/C52H52F2N10O7/c53-32-1-3-33(4-2-32)57-50(69)52(15-16-52)51(70)58-34-5-7-37(8-6-34)71-44-11-17-55-41-24-43(40(54)23-38(41)44)62-18-12-30(13-19-62)26-61-28-35-22-36(29-61)63(35)20-14-47(66)59-45-21-31-27-64(49(68)39(31)25-56-45)42-9-10-46(65)60-48(42)67/h1-8,11,17,21,23-25,30,35-36,42H,9-10,12-16,18-20,22,26-29H2,(H,57,69)(H,58,70)(H,56,59,66)(H,60,65,67). The van der Waals surface area contributed by atoms with Gasteiger partial charge in [-0.2, -0.15) is 0 Å². The van der Waals surface area contributed by atoms with Gasteiger partial charge in [0.15, 0.2) is 0 Å². The molecule has 366 valence electrons. The van der Waals surface area contributed by atoms with E-state index >= 15 is 4.39 Å². The first-order valence-corrected chi connectivity index (χ1v) is 24.3. The number of rotatable bonds is 14. The van der Waals surface area contributed by atoms with Crippen molar-refractivity contribution in [2.75, 3.05) is 60.1 Å². The van der Waals surface area contributed by atoms with E-state index in [4.69, 9.17) is 4.74 Å². The third kappa shape index (κ3) is 9.38. The van der Waals surface area contributed by atoms with E-state index in [-0.39, 0.29) is 42.9 Å². The van der Waals surface area contributed by atoms with Crippen molar-refractivity contribution in [3.63, 3.8) is 0 Å². The molecule has 7 aliphatic rings. The fraction of sp³-hybridized carbons (Fsp3) is 0.385. The molecule has 5 aromatic rings. The molecule has 17 nitrogen and oxygen atoms in total. The number of nitrogens with zero attached hydrogens (tertiary/aromatic N) is 6. The summed E-state index contributed by atoms with van der Waals surface area (Å²) in [6.07, 6.45) is 7.61. The zero-order valence-corrected chi connectivity index (χ0v) is 38.8. The van der Waals surface area contributed by atoms with Gasteiger partial charge < -0.3 is 30.5 Å². The molecule has 6 fully saturated rings. The van der Waals surface area contributed by atoms with Gasteiger partial charge >= 0.3 is 0 Å². The van der Waals surface area contributed by atoms with Gasteiger partial charge in [0.25, 0.3) is 5.91 Å². The first-order valence-electron chi connectivity index (χ1n) is 24.3. The summed E-state index contributed by atoms with van der Waals surface area (Å²) in [5, 5.41) is 11.2. The molecule has 8 heterocycles. The SMILES string of the molecule is O=C1CCC(N2Cc3cc(NC(=O)CCN4C5CC4CN(CC4CCN(c6cc7nccc(Oc8ccc(NC(=O)C9(C(=O)Nc%10ccc(F)cc%10)CC9)cc8)c7cc6F)CC4)C5)ncc3C2=O)C(=O)N1. The van der Waals surface area contributed by atoms with E-state index in [1.807, 2.05) is 0 Å². The van der Waals surface area contributed by atoms with E-state index in [9.17, 15) is 33.2 Å². The predicted molar refractivity (Wildman–Crippen MR) is 257 cm³/mol. The van der Waals surface area contributed by atoms with Crippen LogP contribution in [0.15, 0.2) is 85.2 Å². The average molecular weight is 967 g/mol. The largest absolute Gasteiger partial charge is 0.457 e. The minimum atomic E-state index is -1.20. The van der Waals surface area contributed by atoms with Crippen LogP contribution in [0, 0.1) is 23.0 Å². The molecule has 1 saturated carbocycles. The van der Waals surface area contributed by atoms with Crippen LogP contribution in [0.3, 0.4) is 0 Å². The molecule has 3 unspecified atom stereocenters. The predicted octanol–water partition coefficient (Wildman–Crippen LogP) is 5.82. The molecule has 5 saturated heterocycles. The molecular weight excluding hydrogens is 915 g/mol. The quantitative estimate of drug-likeness (QED) is 0.0770. The number of aromatic nitrogens is 2. The second-order valence-corrected chi connectivity index (χ2v) is 19.6. The molecule has 1 aliphatic carbocycles. The minimum absolute atomic E-state index is 0.157. The molecule has 19 heteroatoms. The van der Waals surface area contributed by atoms with Gasteiger partial charge in [0.2, 0.25) is 29.5 Å². The molecule has 71 heavy (non-hydrogen) atoms. The number of fused-ring (bicyclic) bond motifs is 4. The van der Waals surface area contributed by atoms with E-state index in [0.717, 1.165) is 52.0 Å². The molecule has 4 N–H and O–H groups in total. The van der Waals surface area contributed by atoms with Crippen molar-refractivity contribution in [2.45, 2.75) is 76.0 Å². The molecule has 3 aromatic carbocycles. The first kappa shape index (κ1) is 46.0. The summed E-state index contributed by atoms with van der Waals surface area (Å²) in [6, 6.07) is 18.8. The van der Waals surface area contributed by atoms with Gasteiger partial charge in [-0.25, -0.2) is 13.8 Å². The maximum absolute atomic E-state index is 15.9. The van der Waals surface area contributed by atoms with E-state index in [1.165, 1.54) is 41.4 Å². The summed E-state index contributed by atoms with van der Waals surface area (Å²) >= 11 is 0. The van der Waals surface area contributed by atoms with Crippen molar-refractivity contribution < 1.29 is 42.3 Å². The number of ether oxygens (including phenoxy) is 1. The van der Waals surface area contributed by atoms with Crippen LogP contribution >= 0.6 is 0 Å². The van der Waals surface area contributed by atoms with Crippen LogP contribution < -0.4 is 30.9 Å². The van der Waals surface area contributed by atoms with Crippen molar-refractivity contribution in [2.24, 2.45) is 11.3 Å². The molecule has 6 amide bonds. The van der Waals surface area contributed by atoms with Crippen LogP contribution in [0.2, 0.25) is 0 Å². The van der Waals surface area contributed by atoms with Gasteiger partial charge in [-0.15, -0.1) is 0 Å². The summed E-state index contributed by atoms with van der Waals surface area (Å²) in [5.74, 6) is -1.19. The Kier molecular flexibility index (Phi) is 12.2. The third-order valence-electron chi connectivity index (χ3n) is 15.0. The Morgan fingerprint density at radius 1 is 0.831 bits per heavy atom. The van der Waals surface area contributed by atoms with Crippen LogP contribution in [-0.2, 0) is 30.5 Å². The van der Waals surface area contributed by atoms with Gasteiger partial charge in [-0.05, 0) is 123 Å². The fourth-order valence-electron chi connectivity index (χ4n) is 10.9. The fourth-order valence-corrected chi connectivity index (χ4v) is 10.9. The Morgan fingerprint density at radius 2 is 1.54 bits per heavy atom. The number of hydrogen-bond acceptors (Lipinski definition) is 12. The van der Waals surface area contributed by atoms with Crippen LogP contribution in [0.1, 0.15) is 67.3 Å². The summed E-state index contributed by atoms with van der Waals surface area (Å²) in [4.78, 5) is 93.6. The number of pyridine rings is 2. The van der Waals surface area contributed by atoms with Crippen molar-refractivity contribution in [3.8, 4) is 11.5 Å². The van der Waals surface area contributed by atoms with Crippen molar-refractivity contribution in [1.29, 1.82) is 0 Å². The van der Waals surface area contributed by atoms with E-state index in [2.05, 4.69) is 45.9 Å². The third-order valence-corrected chi connectivity index (χ3v) is 15.0. The van der Waals surface area contributed by atoms with E-state index < -0.39 is 35.0 Å². The Labute approximate surface area is 407 Å². The van der Waals surface area contributed by atoms with Gasteiger partial charge in [0.1, 0.15) is 40.4 Å². The van der Waals surface area contributed by atoms with Crippen molar-refractivity contribution >= 4 is 69.2 Å². The molecule has 2 aromatic heterocycles. The second kappa shape index (κ2) is 18.7. The number of piperazine rings is 1. The number of carbonyl (C=O) groups excluding carboxylic acids is 6. The molecule has 12 rings (SSSR count). The highest BCUT2D eigenvalue weighted by molar-refractivity contribution is 6.17. The number of benzene rings is 3. The van der Waals surface area contributed by atoms with Gasteiger partial charge in [0.05, 0.1) is 16.8 Å². The zero-order valence-electron chi connectivity index (χ0n) is 38.8. The number of nitrogens with one attached hydrogen (secondary N) is 4. The summed E-state index contributed by atoms with van der Waals surface area (Å²) in [6.45, 7) is 5.17. The Morgan fingerprint density at radius 3 is 2.23 bits per heavy atom. The van der Waals surface area contributed by atoms with E-state index in [0.29, 0.717) is 100 Å². The Hall–Kier alpha value is -7.38. The van der Waals surface area contributed by atoms with Crippen molar-refractivity contribution in [1.82, 2.24) is 30.0 Å². The average Bonchev–Trinajstić information content (AvgIpc) is 4.12. The van der Waals surface area contributed by atoms with Crippen molar-refractivity contribution in [3.05, 3.63) is 108 Å². The lowest BCUT2D eigenvalue weighted by Gasteiger charge is -2.57. The molecular formula is C52H52F2N10O7. The second-order valence-electron chi connectivity index (χ2n) is 19.6. The molecule has 6 aliphatic heterocycles.